The number of ether oxygens (including phenoxy) is 3. The van der Waals surface area contributed by atoms with Gasteiger partial charge in [-0.2, -0.15) is 0 Å². The highest BCUT2D eigenvalue weighted by molar-refractivity contribution is 5.12. The Hall–Kier alpha value is -0.200. The molecule has 5 nitrogen and oxygen atoms in total. The first-order chi connectivity index (χ1) is 18.4. The van der Waals surface area contributed by atoms with Gasteiger partial charge in [-0.15, -0.1) is 0 Å². The summed E-state index contributed by atoms with van der Waals surface area (Å²) in [6, 6.07) is 0. The highest BCUT2D eigenvalue weighted by Crippen LogP contribution is 2.68. The van der Waals surface area contributed by atoms with Crippen molar-refractivity contribution >= 4 is 0 Å². The Morgan fingerprint density at radius 1 is 0.789 bits per heavy atom. The van der Waals surface area contributed by atoms with Crippen LogP contribution in [0.3, 0.4) is 0 Å². The summed E-state index contributed by atoms with van der Waals surface area (Å²) in [6.45, 7) is 15.0. The van der Waals surface area contributed by atoms with Crippen molar-refractivity contribution in [3.05, 3.63) is 0 Å². The van der Waals surface area contributed by atoms with Crippen LogP contribution in [0.2, 0.25) is 0 Å². The van der Waals surface area contributed by atoms with Crippen molar-refractivity contribution in [2.45, 2.75) is 123 Å². The summed E-state index contributed by atoms with van der Waals surface area (Å²) in [4.78, 5) is 0. The fourth-order valence-corrected chi connectivity index (χ4v) is 10.1. The zero-order valence-corrected chi connectivity index (χ0v) is 25.4. The molecule has 4 rings (SSSR count). The Bertz CT molecular complexity index is 706. The number of nitrogens with two attached hydrogens (primary N) is 2. The lowest BCUT2D eigenvalue weighted by Crippen LogP contribution is -2.59. The van der Waals surface area contributed by atoms with Crippen molar-refractivity contribution in [2.75, 3.05) is 39.5 Å². The molecule has 4 fully saturated rings. The second kappa shape index (κ2) is 14.1. The highest BCUT2D eigenvalue weighted by Gasteiger charge is 2.63. The van der Waals surface area contributed by atoms with Crippen LogP contribution in [0.15, 0.2) is 0 Å². The maximum Gasteiger partial charge on any atom is 0.0611 e. The van der Waals surface area contributed by atoms with E-state index in [1.165, 1.54) is 64.2 Å². The van der Waals surface area contributed by atoms with Crippen molar-refractivity contribution in [1.29, 1.82) is 0 Å². The van der Waals surface area contributed by atoms with Gasteiger partial charge in [-0.3, -0.25) is 0 Å². The Labute approximate surface area is 234 Å². The normalized spacial score (nSPS) is 41.4. The summed E-state index contributed by atoms with van der Waals surface area (Å²) >= 11 is 0. The highest BCUT2D eigenvalue weighted by atomic mass is 16.5. The second-order valence-electron chi connectivity index (χ2n) is 14.1. The molecule has 4 aliphatic carbocycles. The lowest BCUT2D eigenvalue weighted by molar-refractivity contribution is -0.191. The molecule has 4 aliphatic rings. The maximum absolute atomic E-state index is 6.82. The molecule has 0 aromatic carbocycles. The average Bonchev–Trinajstić information content (AvgIpc) is 3.26. The first kappa shape index (κ1) is 30.8. The Morgan fingerprint density at radius 3 is 2.24 bits per heavy atom. The van der Waals surface area contributed by atoms with Gasteiger partial charge in [0.25, 0.3) is 0 Å². The molecule has 0 bridgehead atoms. The number of fused-ring (bicyclic) bond motifs is 5. The zero-order valence-electron chi connectivity index (χ0n) is 25.4. The minimum Gasteiger partial charge on any atom is -0.381 e. The van der Waals surface area contributed by atoms with E-state index in [0.29, 0.717) is 34.9 Å². The molecule has 0 radical (unpaired) electrons. The summed E-state index contributed by atoms with van der Waals surface area (Å²) in [5.74, 6) is 4.67. The Balaban J connectivity index is 1.47. The van der Waals surface area contributed by atoms with Crippen LogP contribution in [-0.4, -0.2) is 51.7 Å². The fourth-order valence-electron chi connectivity index (χ4n) is 10.1. The Morgan fingerprint density at radius 2 is 1.50 bits per heavy atom. The van der Waals surface area contributed by atoms with Crippen LogP contribution in [0.1, 0.15) is 111 Å². The molecule has 0 aromatic rings. The average molecular weight is 535 g/mol. The summed E-state index contributed by atoms with van der Waals surface area (Å²) in [6.07, 6.45) is 17.0. The molecular formula is C33H62N2O3. The molecule has 38 heavy (non-hydrogen) atoms. The molecule has 0 heterocycles. The minimum atomic E-state index is 0.397. The maximum atomic E-state index is 6.82. The first-order valence-electron chi connectivity index (χ1n) is 16.6. The predicted molar refractivity (Wildman–Crippen MR) is 157 cm³/mol. The van der Waals surface area contributed by atoms with E-state index in [9.17, 15) is 0 Å². The van der Waals surface area contributed by atoms with Crippen LogP contribution in [0.5, 0.6) is 0 Å². The minimum absolute atomic E-state index is 0.397. The van der Waals surface area contributed by atoms with E-state index >= 15 is 0 Å². The van der Waals surface area contributed by atoms with Crippen LogP contribution in [0, 0.1) is 46.3 Å². The third-order valence-electron chi connectivity index (χ3n) is 12.1. The van der Waals surface area contributed by atoms with Crippen molar-refractivity contribution in [3.8, 4) is 0 Å². The van der Waals surface area contributed by atoms with Gasteiger partial charge in [-0.25, -0.2) is 0 Å². The van der Waals surface area contributed by atoms with Crippen LogP contribution < -0.4 is 11.5 Å². The lowest BCUT2D eigenvalue weighted by atomic mass is 9.43. The summed E-state index contributed by atoms with van der Waals surface area (Å²) < 4.78 is 19.0. The van der Waals surface area contributed by atoms with Crippen molar-refractivity contribution in [3.63, 3.8) is 0 Å². The lowest BCUT2D eigenvalue weighted by Gasteiger charge is -2.63. The monoisotopic (exact) mass is 534 g/mol. The number of rotatable bonds is 15. The largest absolute Gasteiger partial charge is 0.381 e. The first-order valence-corrected chi connectivity index (χ1v) is 16.6. The van der Waals surface area contributed by atoms with Gasteiger partial charge < -0.3 is 25.7 Å². The van der Waals surface area contributed by atoms with Crippen LogP contribution >= 0.6 is 0 Å². The third kappa shape index (κ3) is 6.48. The van der Waals surface area contributed by atoms with E-state index in [4.69, 9.17) is 25.7 Å². The predicted octanol–water partition coefficient (Wildman–Crippen LogP) is 6.57. The van der Waals surface area contributed by atoms with Gasteiger partial charge in [-0.1, -0.05) is 27.7 Å². The molecule has 4 saturated carbocycles. The number of hydrogen-bond acceptors (Lipinski definition) is 5. The van der Waals surface area contributed by atoms with Crippen molar-refractivity contribution in [1.82, 2.24) is 0 Å². The molecule has 4 N–H and O–H groups in total. The zero-order chi connectivity index (χ0) is 27.2. The third-order valence-corrected chi connectivity index (χ3v) is 12.1. The van der Waals surface area contributed by atoms with Gasteiger partial charge in [-0.05, 0) is 143 Å². The molecule has 10 atom stereocenters. The van der Waals surface area contributed by atoms with Gasteiger partial charge >= 0.3 is 0 Å². The van der Waals surface area contributed by atoms with Crippen LogP contribution in [0.25, 0.3) is 0 Å². The number of hydrogen-bond donors (Lipinski definition) is 2. The van der Waals surface area contributed by atoms with Gasteiger partial charge in [0.2, 0.25) is 0 Å². The van der Waals surface area contributed by atoms with Crippen LogP contribution in [0.4, 0.5) is 0 Å². The molecule has 0 saturated heterocycles. The van der Waals surface area contributed by atoms with E-state index < -0.39 is 0 Å². The van der Waals surface area contributed by atoms with E-state index in [0.717, 1.165) is 82.5 Å². The molecule has 5 heteroatoms. The van der Waals surface area contributed by atoms with E-state index in [2.05, 4.69) is 27.7 Å². The van der Waals surface area contributed by atoms with E-state index in [-0.39, 0.29) is 0 Å². The van der Waals surface area contributed by atoms with Gasteiger partial charge in [0.05, 0.1) is 12.2 Å². The SMILES string of the molecule is CCCOCCC[C@@H](C)C1CCC2C3[C@H](OCCCN)CC4C[C@H](OCCCN)CCC4(C)[C@H]3CCC21C. The van der Waals surface area contributed by atoms with E-state index in [1.807, 2.05) is 0 Å². The molecule has 0 aromatic heterocycles. The molecule has 0 amide bonds. The molecule has 222 valence electrons. The second-order valence-corrected chi connectivity index (χ2v) is 14.1. The quantitative estimate of drug-likeness (QED) is 0.232. The molecular weight excluding hydrogens is 472 g/mol. The summed E-state index contributed by atoms with van der Waals surface area (Å²) in [5.41, 5.74) is 12.5. The molecule has 0 spiro atoms. The van der Waals surface area contributed by atoms with E-state index in [1.54, 1.807) is 0 Å². The van der Waals surface area contributed by atoms with Crippen LogP contribution in [-0.2, 0) is 14.2 Å². The topological polar surface area (TPSA) is 79.7 Å². The van der Waals surface area contributed by atoms with Gasteiger partial charge in [0, 0.05) is 26.4 Å². The smallest absolute Gasteiger partial charge is 0.0611 e. The Kier molecular flexibility index (Phi) is 11.4. The molecule has 6 unspecified atom stereocenters. The van der Waals surface area contributed by atoms with Crippen molar-refractivity contribution in [2.24, 2.45) is 57.8 Å². The summed E-state index contributed by atoms with van der Waals surface area (Å²) in [5, 5.41) is 0. The van der Waals surface area contributed by atoms with Gasteiger partial charge in [0.1, 0.15) is 0 Å². The molecule has 0 aliphatic heterocycles. The standard InChI is InChI=1S/C33H62N2O3/c1-5-18-36-19-6-9-24(2)27-10-11-28-31-29(13-15-33(27,28)4)32(3)14-12-26(37-20-7-16-34)22-25(32)23-30(31)38-21-8-17-35/h24-31H,5-23,34-35H2,1-4H3/t24-,25?,26-,27?,28?,29+,30-,31?,32?,33?/m1/s1. The fraction of sp³-hybridized carbons (Fsp3) is 1.00. The van der Waals surface area contributed by atoms with Crippen molar-refractivity contribution < 1.29 is 14.2 Å². The summed E-state index contributed by atoms with van der Waals surface area (Å²) in [7, 11) is 0. The van der Waals surface area contributed by atoms with Gasteiger partial charge in [0.15, 0.2) is 0 Å².